The van der Waals surface area contributed by atoms with E-state index in [0.717, 1.165) is 22.3 Å². The van der Waals surface area contributed by atoms with Gasteiger partial charge in [-0.1, -0.05) is 62.4 Å². The minimum atomic E-state index is -3.06. The first-order chi connectivity index (χ1) is 15.7. The van der Waals surface area contributed by atoms with Gasteiger partial charge in [-0.25, -0.2) is 13.6 Å². The van der Waals surface area contributed by atoms with E-state index >= 15 is 0 Å². The molecular formula is C24H26F2N2O5. The second-order valence-corrected chi connectivity index (χ2v) is 8.24. The molecule has 2 unspecified atom stereocenters. The fourth-order valence-electron chi connectivity index (χ4n) is 3.97. The molecule has 1 aliphatic carbocycles. The summed E-state index contributed by atoms with van der Waals surface area (Å²) < 4.78 is 31.6. The summed E-state index contributed by atoms with van der Waals surface area (Å²) in [6, 6.07) is 12.6. The van der Waals surface area contributed by atoms with Crippen LogP contribution in [0, 0.1) is 5.92 Å². The third-order valence-electron chi connectivity index (χ3n) is 5.59. The molecule has 2 aromatic rings. The van der Waals surface area contributed by atoms with Gasteiger partial charge in [0.2, 0.25) is 5.91 Å². The Labute approximate surface area is 190 Å². The van der Waals surface area contributed by atoms with Crippen LogP contribution in [0.5, 0.6) is 0 Å². The maximum absolute atomic E-state index is 13.1. The van der Waals surface area contributed by atoms with E-state index in [4.69, 9.17) is 9.84 Å². The number of alkyl carbamates (subject to hydrolysis) is 1. The lowest BCUT2D eigenvalue weighted by molar-refractivity contribution is -0.139. The van der Waals surface area contributed by atoms with E-state index in [9.17, 15) is 23.2 Å². The summed E-state index contributed by atoms with van der Waals surface area (Å²) in [4.78, 5) is 35.8. The molecule has 0 saturated carbocycles. The van der Waals surface area contributed by atoms with Crippen LogP contribution in [0.1, 0.15) is 37.3 Å². The van der Waals surface area contributed by atoms with Crippen LogP contribution >= 0.6 is 0 Å². The summed E-state index contributed by atoms with van der Waals surface area (Å²) in [6.07, 6.45) is -4.86. The first kappa shape index (κ1) is 24.2. The standard InChI is InChI=1S/C24H26F2N2O5/c1-13(2)21(23(31)27-19(22(25)26)11-20(29)30)28-24(32)33-12-18-16-9-5-3-7-14(16)15-8-4-6-10-17(15)18/h3-10,13,18-19,21-22H,11-12H2,1-2H3,(H,27,31)(H,28,32)(H,29,30). The third-order valence-corrected chi connectivity index (χ3v) is 5.59. The molecule has 176 valence electrons. The molecule has 2 aromatic carbocycles. The number of carboxylic acids is 1. The van der Waals surface area contributed by atoms with Gasteiger partial charge in [-0.2, -0.15) is 0 Å². The molecule has 0 fully saturated rings. The summed E-state index contributed by atoms with van der Waals surface area (Å²) in [6.45, 7) is 3.29. The van der Waals surface area contributed by atoms with Crippen LogP contribution in [-0.4, -0.2) is 48.2 Å². The lowest BCUT2D eigenvalue weighted by atomic mass is 9.98. The zero-order chi connectivity index (χ0) is 24.1. The van der Waals surface area contributed by atoms with Crippen LogP contribution in [0.25, 0.3) is 11.1 Å². The number of nitrogens with one attached hydrogen (secondary N) is 2. The molecule has 9 heteroatoms. The molecule has 3 N–H and O–H groups in total. The molecule has 0 heterocycles. The number of carboxylic acid groups (broad SMARTS) is 1. The Hall–Kier alpha value is -3.49. The number of rotatable bonds is 9. The van der Waals surface area contributed by atoms with Gasteiger partial charge in [0, 0.05) is 5.92 Å². The number of aliphatic carboxylic acids is 1. The van der Waals surface area contributed by atoms with Crippen molar-refractivity contribution in [2.75, 3.05) is 6.61 Å². The molecular weight excluding hydrogens is 434 g/mol. The third kappa shape index (κ3) is 5.66. The summed E-state index contributed by atoms with van der Waals surface area (Å²) >= 11 is 0. The van der Waals surface area contributed by atoms with Crippen molar-refractivity contribution in [1.82, 2.24) is 10.6 Å². The number of hydrogen-bond acceptors (Lipinski definition) is 4. The number of fused-ring (bicyclic) bond motifs is 3. The summed E-state index contributed by atoms with van der Waals surface area (Å²) in [5.74, 6) is -2.99. The van der Waals surface area contributed by atoms with Gasteiger partial charge in [0.1, 0.15) is 18.7 Å². The number of amides is 2. The van der Waals surface area contributed by atoms with Crippen molar-refractivity contribution < 1.29 is 33.0 Å². The van der Waals surface area contributed by atoms with Crippen molar-refractivity contribution in [2.45, 2.75) is 44.7 Å². The van der Waals surface area contributed by atoms with E-state index in [1.54, 1.807) is 13.8 Å². The fourth-order valence-corrected chi connectivity index (χ4v) is 3.97. The lowest BCUT2D eigenvalue weighted by Gasteiger charge is -2.25. The van der Waals surface area contributed by atoms with Gasteiger partial charge < -0.3 is 20.5 Å². The largest absolute Gasteiger partial charge is 0.481 e. The number of halogens is 2. The van der Waals surface area contributed by atoms with Crippen LogP contribution < -0.4 is 10.6 Å². The van der Waals surface area contributed by atoms with Crippen molar-refractivity contribution in [1.29, 1.82) is 0 Å². The molecule has 2 amide bonds. The molecule has 0 aliphatic heterocycles. The minimum Gasteiger partial charge on any atom is -0.481 e. The summed E-state index contributed by atoms with van der Waals surface area (Å²) in [5, 5.41) is 13.2. The van der Waals surface area contributed by atoms with Crippen LogP contribution in [0.2, 0.25) is 0 Å². The van der Waals surface area contributed by atoms with E-state index in [1.165, 1.54) is 0 Å². The van der Waals surface area contributed by atoms with Crippen molar-refractivity contribution in [2.24, 2.45) is 5.92 Å². The number of carbonyl (C=O) groups excluding carboxylic acids is 2. The van der Waals surface area contributed by atoms with Crippen LogP contribution in [0.4, 0.5) is 13.6 Å². The van der Waals surface area contributed by atoms with E-state index in [1.807, 2.05) is 53.8 Å². The predicted molar refractivity (Wildman–Crippen MR) is 117 cm³/mol. The number of benzene rings is 2. The van der Waals surface area contributed by atoms with Crippen LogP contribution in [-0.2, 0) is 14.3 Å². The van der Waals surface area contributed by atoms with E-state index in [-0.39, 0.29) is 12.5 Å². The van der Waals surface area contributed by atoms with Crippen molar-refractivity contribution in [3.05, 3.63) is 59.7 Å². The molecule has 0 spiro atoms. The molecule has 3 rings (SSSR count). The molecule has 7 nitrogen and oxygen atoms in total. The highest BCUT2D eigenvalue weighted by Crippen LogP contribution is 2.44. The summed E-state index contributed by atoms with van der Waals surface area (Å²) in [7, 11) is 0. The Balaban J connectivity index is 1.65. The van der Waals surface area contributed by atoms with Gasteiger partial charge in [0.15, 0.2) is 0 Å². The van der Waals surface area contributed by atoms with Crippen molar-refractivity contribution in [3.8, 4) is 11.1 Å². The fraction of sp³-hybridized carbons (Fsp3) is 0.375. The molecule has 2 atom stereocenters. The average molecular weight is 460 g/mol. The molecule has 0 aromatic heterocycles. The number of hydrogen-bond donors (Lipinski definition) is 3. The van der Waals surface area contributed by atoms with Crippen molar-refractivity contribution in [3.63, 3.8) is 0 Å². The Bertz CT molecular complexity index is 982. The quantitative estimate of drug-likeness (QED) is 0.528. The number of ether oxygens (including phenoxy) is 1. The second kappa shape index (κ2) is 10.4. The smallest absolute Gasteiger partial charge is 0.407 e. The Morgan fingerprint density at radius 1 is 0.970 bits per heavy atom. The summed E-state index contributed by atoms with van der Waals surface area (Å²) in [5.41, 5.74) is 4.19. The normalized spacial score (nSPS) is 14.4. The van der Waals surface area contributed by atoms with Crippen LogP contribution in [0.3, 0.4) is 0 Å². The first-order valence-corrected chi connectivity index (χ1v) is 10.6. The zero-order valence-corrected chi connectivity index (χ0v) is 18.3. The zero-order valence-electron chi connectivity index (χ0n) is 18.3. The highest BCUT2D eigenvalue weighted by atomic mass is 19.3. The molecule has 0 radical (unpaired) electrons. The average Bonchev–Trinajstić information content (AvgIpc) is 3.08. The molecule has 0 saturated heterocycles. The Morgan fingerprint density at radius 2 is 1.52 bits per heavy atom. The van der Waals surface area contributed by atoms with Gasteiger partial charge in [0.25, 0.3) is 6.43 Å². The van der Waals surface area contributed by atoms with Crippen molar-refractivity contribution >= 4 is 18.0 Å². The number of alkyl halides is 2. The molecule has 1 aliphatic rings. The van der Waals surface area contributed by atoms with E-state index in [2.05, 4.69) is 5.32 Å². The molecule has 0 bridgehead atoms. The van der Waals surface area contributed by atoms with Crippen LogP contribution in [0.15, 0.2) is 48.5 Å². The van der Waals surface area contributed by atoms with E-state index < -0.39 is 48.8 Å². The lowest BCUT2D eigenvalue weighted by Crippen LogP contribution is -2.54. The SMILES string of the molecule is CC(C)C(NC(=O)OCC1c2ccccc2-c2ccccc21)C(=O)NC(CC(=O)O)C(F)F. The monoisotopic (exact) mass is 460 g/mol. The van der Waals surface area contributed by atoms with Gasteiger partial charge in [0.05, 0.1) is 6.42 Å². The maximum Gasteiger partial charge on any atom is 0.407 e. The predicted octanol–water partition coefficient (Wildman–Crippen LogP) is 3.77. The minimum absolute atomic E-state index is 0.0327. The number of carbonyl (C=O) groups is 3. The highest BCUT2D eigenvalue weighted by Gasteiger charge is 2.32. The Morgan fingerprint density at radius 3 is 2.00 bits per heavy atom. The van der Waals surface area contributed by atoms with E-state index in [0.29, 0.717) is 0 Å². The van der Waals surface area contributed by atoms with Gasteiger partial charge in [-0.05, 0) is 28.2 Å². The first-order valence-electron chi connectivity index (χ1n) is 10.6. The van der Waals surface area contributed by atoms with Gasteiger partial charge >= 0.3 is 12.1 Å². The maximum atomic E-state index is 13.1. The Kier molecular flexibility index (Phi) is 7.63. The highest BCUT2D eigenvalue weighted by molar-refractivity contribution is 5.86. The molecule has 33 heavy (non-hydrogen) atoms. The second-order valence-electron chi connectivity index (χ2n) is 8.24. The topological polar surface area (TPSA) is 105 Å². The van der Waals surface area contributed by atoms with Gasteiger partial charge in [-0.3, -0.25) is 9.59 Å². The van der Waals surface area contributed by atoms with Gasteiger partial charge in [-0.15, -0.1) is 0 Å².